The number of hydrogen-bond acceptors (Lipinski definition) is 6. The van der Waals surface area contributed by atoms with Crippen molar-refractivity contribution in [3.63, 3.8) is 0 Å². The molecule has 3 rings (SSSR count). The molecule has 0 aliphatic carbocycles. The van der Waals surface area contributed by atoms with Gasteiger partial charge in [-0.15, -0.1) is 0 Å². The van der Waals surface area contributed by atoms with E-state index in [4.69, 9.17) is 0 Å². The fraction of sp³-hybridized carbons (Fsp3) is 0.300. The molecular formula is C20H24N6. The highest BCUT2D eigenvalue weighted by Crippen LogP contribution is 2.20. The summed E-state index contributed by atoms with van der Waals surface area (Å²) in [5.41, 5.74) is 2.68. The number of rotatable bonds is 8. The van der Waals surface area contributed by atoms with Crippen molar-refractivity contribution in [3.8, 4) is 11.4 Å². The minimum Gasteiger partial charge on any atom is -0.369 e. The summed E-state index contributed by atoms with van der Waals surface area (Å²) in [6.07, 6.45) is 5.41. The smallest absolute Gasteiger partial charge is 0.225 e. The Morgan fingerprint density at radius 1 is 0.962 bits per heavy atom. The second-order valence-electron chi connectivity index (χ2n) is 6.13. The third kappa shape index (κ3) is 4.99. The van der Waals surface area contributed by atoms with Gasteiger partial charge in [-0.05, 0) is 37.6 Å². The molecule has 26 heavy (non-hydrogen) atoms. The summed E-state index contributed by atoms with van der Waals surface area (Å²) in [7, 11) is 0. The van der Waals surface area contributed by atoms with E-state index >= 15 is 0 Å². The van der Waals surface area contributed by atoms with Gasteiger partial charge in [0.15, 0.2) is 0 Å². The molecule has 0 radical (unpaired) electrons. The first-order valence-corrected chi connectivity index (χ1v) is 8.95. The standard InChI is InChI=1S/C20H24N6/c1-3-15(2)24-20-25-18(17-9-5-7-12-22-17)14-19(26-20)23-13-10-16-8-4-6-11-21-16/h4-9,11-12,14-15H,3,10,13H2,1-2H3,(H2,23,24,25,26)/t15-/m0/s1. The first kappa shape index (κ1) is 17.8. The third-order valence-electron chi connectivity index (χ3n) is 4.05. The molecule has 0 bridgehead atoms. The summed E-state index contributed by atoms with van der Waals surface area (Å²) in [5.74, 6) is 1.39. The Morgan fingerprint density at radius 3 is 2.46 bits per heavy atom. The van der Waals surface area contributed by atoms with Crippen LogP contribution in [0.2, 0.25) is 0 Å². The van der Waals surface area contributed by atoms with E-state index in [1.54, 1.807) is 6.20 Å². The number of pyridine rings is 2. The molecule has 2 N–H and O–H groups in total. The summed E-state index contributed by atoms with van der Waals surface area (Å²) in [6.45, 7) is 5.00. The molecule has 0 aromatic carbocycles. The van der Waals surface area contributed by atoms with Crippen LogP contribution in [0.15, 0.2) is 54.9 Å². The normalized spacial score (nSPS) is 11.8. The van der Waals surface area contributed by atoms with Crippen molar-refractivity contribution in [3.05, 3.63) is 60.6 Å². The number of hydrogen-bond donors (Lipinski definition) is 2. The maximum atomic E-state index is 4.62. The quantitative estimate of drug-likeness (QED) is 0.645. The Bertz CT molecular complexity index is 807. The summed E-state index contributed by atoms with van der Waals surface area (Å²) in [4.78, 5) is 18.0. The largest absolute Gasteiger partial charge is 0.369 e. The summed E-state index contributed by atoms with van der Waals surface area (Å²) in [5, 5.41) is 6.72. The van der Waals surface area contributed by atoms with Crippen molar-refractivity contribution in [2.24, 2.45) is 0 Å². The van der Waals surface area contributed by atoms with Gasteiger partial charge in [0.25, 0.3) is 0 Å². The molecular weight excluding hydrogens is 324 g/mol. The van der Waals surface area contributed by atoms with E-state index < -0.39 is 0 Å². The summed E-state index contributed by atoms with van der Waals surface area (Å²) >= 11 is 0. The average molecular weight is 348 g/mol. The maximum Gasteiger partial charge on any atom is 0.225 e. The van der Waals surface area contributed by atoms with Gasteiger partial charge in [-0.1, -0.05) is 19.1 Å². The predicted molar refractivity (Wildman–Crippen MR) is 105 cm³/mol. The first-order chi connectivity index (χ1) is 12.7. The van der Waals surface area contributed by atoms with Crippen LogP contribution in [0.5, 0.6) is 0 Å². The van der Waals surface area contributed by atoms with E-state index in [9.17, 15) is 0 Å². The predicted octanol–water partition coefficient (Wildman–Crippen LogP) is 3.80. The lowest BCUT2D eigenvalue weighted by Gasteiger charge is -2.14. The van der Waals surface area contributed by atoms with Gasteiger partial charge < -0.3 is 10.6 Å². The first-order valence-electron chi connectivity index (χ1n) is 8.95. The Morgan fingerprint density at radius 2 is 1.77 bits per heavy atom. The van der Waals surface area contributed by atoms with E-state index in [0.717, 1.165) is 42.3 Å². The van der Waals surface area contributed by atoms with E-state index in [0.29, 0.717) is 12.0 Å². The molecule has 134 valence electrons. The van der Waals surface area contributed by atoms with E-state index in [-0.39, 0.29) is 0 Å². The number of aromatic nitrogens is 4. The topological polar surface area (TPSA) is 75.6 Å². The van der Waals surface area contributed by atoms with Crippen LogP contribution >= 0.6 is 0 Å². The fourth-order valence-corrected chi connectivity index (χ4v) is 2.43. The maximum absolute atomic E-state index is 4.62. The monoisotopic (exact) mass is 348 g/mol. The van der Waals surface area contributed by atoms with Gasteiger partial charge in [-0.2, -0.15) is 4.98 Å². The molecule has 0 unspecified atom stereocenters. The van der Waals surface area contributed by atoms with Crippen molar-refractivity contribution in [1.29, 1.82) is 0 Å². The minimum atomic E-state index is 0.301. The fourth-order valence-electron chi connectivity index (χ4n) is 2.43. The van der Waals surface area contributed by atoms with Crippen LogP contribution in [0.3, 0.4) is 0 Å². The van der Waals surface area contributed by atoms with Crippen LogP contribution in [0, 0.1) is 0 Å². The Balaban J connectivity index is 1.77. The molecule has 3 heterocycles. The minimum absolute atomic E-state index is 0.301. The summed E-state index contributed by atoms with van der Waals surface area (Å²) in [6, 6.07) is 14.0. The molecule has 6 heteroatoms. The lowest BCUT2D eigenvalue weighted by molar-refractivity contribution is 0.753. The molecule has 0 saturated carbocycles. The van der Waals surface area contributed by atoms with Gasteiger partial charge in [-0.25, -0.2) is 4.98 Å². The van der Waals surface area contributed by atoms with Gasteiger partial charge >= 0.3 is 0 Å². The van der Waals surface area contributed by atoms with E-state index in [1.807, 2.05) is 48.7 Å². The average Bonchev–Trinajstić information content (AvgIpc) is 2.69. The number of nitrogens with one attached hydrogen (secondary N) is 2. The van der Waals surface area contributed by atoms with Crippen LogP contribution in [0.1, 0.15) is 26.0 Å². The second kappa shape index (κ2) is 8.89. The van der Waals surface area contributed by atoms with Gasteiger partial charge in [0.2, 0.25) is 5.95 Å². The molecule has 0 fully saturated rings. The molecule has 0 saturated heterocycles. The van der Waals surface area contributed by atoms with Crippen molar-refractivity contribution in [2.45, 2.75) is 32.7 Å². The zero-order chi connectivity index (χ0) is 18.2. The Kier molecular flexibility index (Phi) is 6.09. The van der Waals surface area contributed by atoms with Crippen LogP contribution in [0.25, 0.3) is 11.4 Å². The molecule has 0 amide bonds. The zero-order valence-corrected chi connectivity index (χ0v) is 15.2. The van der Waals surface area contributed by atoms with Crippen LogP contribution in [-0.4, -0.2) is 32.5 Å². The van der Waals surface area contributed by atoms with Crippen molar-refractivity contribution >= 4 is 11.8 Å². The molecule has 6 nitrogen and oxygen atoms in total. The van der Waals surface area contributed by atoms with Gasteiger partial charge in [-0.3, -0.25) is 9.97 Å². The molecule has 0 spiro atoms. The SMILES string of the molecule is CC[C@H](C)Nc1nc(NCCc2ccccn2)cc(-c2ccccn2)n1. The van der Waals surface area contributed by atoms with Gasteiger partial charge in [0, 0.05) is 43.2 Å². The molecule has 0 aliphatic rings. The Hall–Kier alpha value is -3.02. The van der Waals surface area contributed by atoms with Crippen LogP contribution in [0.4, 0.5) is 11.8 Å². The summed E-state index contributed by atoms with van der Waals surface area (Å²) < 4.78 is 0. The molecule has 0 aliphatic heterocycles. The number of nitrogens with zero attached hydrogens (tertiary/aromatic N) is 4. The molecule has 1 atom stereocenters. The van der Waals surface area contributed by atoms with E-state index in [2.05, 4.69) is 44.4 Å². The van der Waals surface area contributed by atoms with Gasteiger partial charge in [0.05, 0.1) is 11.4 Å². The van der Waals surface area contributed by atoms with Crippen molar-refractivity contribution in [2.75, 3.05) is 17.2 Å². The molecule has 3 aromatic rings. The van der Waals surface area contributed by atoms with Crippen LogP contribution in [-0.2, 0) is 6.42 Å². The van der Waals surface area contributed by atoms with E-state index in [1.165, 1.54) is 0 Å². The van der Waals surface area contributed by atoms with Crippen molar-refractivity contribution < 1.29 is 0 Å². The highest BCUT2D eigenvalue weighted by atomic mass is 15.2. The van der Waals surface area contributed by atoms with Gasteiger partial charge in [0.1, 0.15) is 5.82 Å². The molecule has 3 aromatic heterocycles. The van der Waals surface area contributed by atoms with Crippen LogP contribution < -0.4 is 10.6 Å². The number of anilines is 2. The van der Waals surface area contributed by atoms with Crippen molar-refractivity contribution in [1.82, 2.24) is 19.9 Å². The zero-order valence-electron chi connectivity index (χ0n) is 15.2. The highest BCUT2D eigenvalue weighted by molar-refractivity contribution is 5.61. The highest BCUT2D eigenvalue weighted by Gasteiger charge is 2.09. The second-order valence-corrected chi connectivity index (χ2v) is 6.13. The lowest BCUT2D eigenvalue weighted by atomic mass is 10.2. The third-order valence-corrected chi connectivity index (χ3v) is 4.05. The lowest BCUT2D eigenvalue weighted by Crippen LogP contribution is -2.17. The Labute approximate surface area is 154 Å².